The van der Waals surface area contributed by atoms with Crippen LogP contribution in [0.25, 0.3) is 0 Å². The fraction of sp³-hybridized carbons (Fsp3) is 0.222. The highest BCUT2D eigenvalue weighted by Gasteiger charge is 2.27. The molecule has 0 saturated carbocycles. The first-order valence-corrected chi connectivity index (χ1v) is 9.30. The van der Waals surface area contributed by atoms with Crippen LogP contribution >= 0.6 is 34.8 Å². The molecule has 2 aromatic rings. The van der Waals surface area contributed by atoms with Gasteiger partial charge in [-0.05, 0) is 35.9 Å². The molecule has 6 nitrogen and oxygen atoms in total. The smallest absolute Gasteiger partial charge is 0.277 e. The van der Waals surface area contributed by atoms with E-state index in [1.165, 1.54) is 0 Å². The molecule has 27 heavy (non-hydrogen) atoms. The summed E-state index contributed by atoms with van der Waals surface area (Å²) in [5.74, 6) is 0.179. The van der Waals surface area contributed by atoms with Crippen LogP contribution in [0.4, 0.5) is 0 Å². The van der Waals surface area contributed by atoms with Gasteiger partial charge in [-0.25, -0.2) is 10.9 Å². The van der Waals surface area contributed by atoms with Crippen LogP contribution in [0, 0.1) is 5.92 Å². The molecule has 1 fully saturated rings. The van der Waals surface area contributed by atoms with Crippen molar-refractivity contribution in [1.29, 1.82) is 0 Å². The molecule has 0 radical (unpaired) electrons. The van der Waals surface area contributed by atoms with Gasteiger partial charge in [-0.2, -0.15) is 5.10 Å². The van der Waals surface area contributed by atoms with Crippen LogP contribution in [0.2, 0.25) is 15.1 Å². The van der Waals surface area contributed by atoms with E-state index in [0.717, 1.165) is 5.56 Å². The van der Waals surface area contributed by atoms with Crippen LogP contribution in [0.3, 0.4) is 0 Å². The van der Waals surface area contributed by atoms with Gasteiger partial charge in [-0.3, -0.25) is 10.2 Å². The molecule has 0 spiro atoms. The van der Waals surface area contributed by atoms with Gasteiger partial charge in [-0.1, -0.05) is 46.9 Å². The van der Waals surface area contributed by atoms with Gasteiger partial charge in [0.1, 0.15) is 5.75 Å². The van der Waals surface area contributed by atoms with Crippen LogP contribution in [-0.4, -0.2) is 25.3 Å². The minimum absolute atomic E-state index is 0.0244. The number of nitrogens with one attached hydrogen (secondary N) is 3. The maximum absolute atomic E-state index is 11.9. The molecule has 0 aromatic heterocycles. The highest BCUT2D eigenvalue weighted by molar-refractivity contribution is 6.42. The van der Waals surface area contributed by atoms with Crippen molar-refractivity contribution in [3.8, 4) is 5.75 Å². The molecule has 1 aliphatic rings. The lowest BCUT2D eigenvalue weighted by molar-refractivity contribution is -0.123. The van der Waals surface area contributed by atoms with E-state index < -0.39 is 0 Å². The number of halogens is 3. The van der Waals surface area contributed by atoms with Gasteiger partial charge in [0.25, 0.3) is 5.91 Å². The summed E-state index contributed by atoms with van der Waals surface area (Å²) >= 11 is 17.9. The Hall–Kier alpha value is -1.83. The molecule has 2 aromatic carbocycles. The average molecular weight is 428 g/mol. The first-order chi connectivity index (χ1) is 13.0. The van der Waals surface area contributed by atoms with E-state index >= 15 is 0 Å². The van der Waals surface area contributed by atoms with Gasteiger partial charge in [0.2, 0.25) is 0 Å². The second-order valence-corrected chi connectivity index (χ2v) is 7.15. The molecule has 1 heterocycles. The Morgan fingerprint density at radius 3 is 2.85 bits per heavy atom. The Bertz CT molecular complexity index is 847. The molecule has 1 saturated heterocycles. The van der Waals surface area contributed by atoms with Gasteiger partial charge in [0, 0.05) is 23.7 Å². The summed E-state index contributed by atoms with van der Waals surface area (Å²) in [4.78, 5) is 11.9. The van der Waals surface area contributed by atoms with Gasteiger partial charge in [-0.15, -0.1) is 0 Å². The minimum atomic E-state index is -0.365. The van der Waals surface area contributed by atoms with Gasteiger partial charge in [0.05, 0.1) is 16.1 Å². The zero-order chi connectivity index (χ0) is 19.2. The number of amides is 1. The number of hydrogen-bond donors (Lipinski definition) is 3. The van der Waals surface area contributed by atoms with E-state index in [-0.39, 0.29) is 24.5 Å². The largest absolute Gasteiger partial charge is 0.484 e. The number of rotatable bonds is 6. The predicted octanol–water partition coefficient (Wildman–Crippen LogP) is 3.59. The second kappa shape index (κ2) is 9.39. The zero-order valence-corrected chi connectivity index (χ0v) is 16.4. The Morgan fingerprint density at radius 1 is 1.22 bits per heavy atom. The van der Waals surface area contributed by atoms with Crippen molar-refractivity contribution in [2.45, 2.75) is 6.04 Å². The Morgan fingerprint density at radius 2 is 2.07 bits per heavy atom. The van der Waals surface area contributed by atoms with Gasteiger partial charge < -0.3 is 4.74 Å². The number of hydrazine groups is 1. The SMILES string of the molecule is O=C(COc1cccc(Cl)c1)N/N=C/C1CNNC1c1ccc(Cl)c(Cl)c1. The Kier molecular flexibility index (Phi) is 6.93. The van der Waals surface area contributed by atoms with E-state index in [2.05, 4.69) is 21.4 Å². The number of hydrogen-bond acceptors (Lipinski definition) is 5. The molecule has 3 rings (SSSR count). The van der Waals surface area contributed by atoms with E-state index in [0.29, 0.717) is 27.4 Å². The average Bonchev–Trinajstić information content (AvgIpc) is 3.11. The number of hydrazone groups is 1. The fourth-order valence-electron chi connectivity index (χ4n) is 2.63. The third kappa shape index (κ3) is 5.57. The molecule has 1 amide bonds. The molecular weight excluding hydrogens is 411 g/mol. The third-order valence-corrected chi connectivity index (χ3v) is 4.92. The highest BCUT2D eigenvalue weighted by atomic mass is 35.5. The molecule has 1 aliphatic heterocycles. The Balaban J connectivity index is 1.52. The summed E-state index contributed by atoms with van der Waals surface area (Å²) < 4.78 is 5.36. The van der Waals surface area contributed by atoms with Crippen LogP contribution in [0.1, 0.15) is 11.6 Å². The Labute approximate surface area is 171 Å². The molecule has 0 aliphatic carbocycles. The highest BCUT2D eigenvalue weighted by Crippen LogP contribution is 2.29. The molecular formula is C18H17Cl3N4O2. The zero-order valence-electron chi connectivity index (χ0n) is 14.1. The summed E-state index contributed by atoms with van der Waals surface area (Å²) in [5, 5.41) is 5.57. The van der Waals surface area contributed by atoms with Crippen molar-refractivity contribution in [1.82, 2.24) is 16.3 Å². The number of carbonyl (C=O) groups is 1. The maximum Gasteiger partial charge on any atom is 0.277 e. The van der Waals surface area contributed by atoms with Crippen molar-refractivity contribution < 1.29 is 9.53 Å². The lowest BCUT2D eigenvalue weighted by Gasteiger charge is -2.15. The predicted molar refractivity (Wildman–Crippen MR) is 107 cm³/mol. The normalized spacial score (nSPS) is 19.4. The number of benzene rings is 2. The number of ether oxygens (including phenoxy) is 1. The molecule has 9 heteroatoms. The van der Waals surface area contributed by atoms with Crippen LogP contribution in [0.15, 0.2) is 47.6 Å². The lowest BCUT2D eigenvalue weighted by atomic mass is 9.96. The van der Waals surface area contributed by atoms with Gasteiger partial charge >= 0.3 is 0 Å². The summed E-state index contributed by atoms with van der Waals surface area (Å²) in [6, 6.07) is 12.3. The van der Waals surface area contributed by atoms with E-state index in [4.69, 9.17) is 39.5 Å². The topological polar surface area (TPSA) is 74.8 Å². The van der Waals surface area contributed by atoms with Crippen LogP contribution < -0.4 is 21.0 Å². The van der Waals surface area contributed by atoms with E-state index in [1.54, 1.807) is 36.5 Å². The quantitative estimate of drug-likeness (QED) is 0.486. The van der Waals surface area contributed by atoms with Crippen molar-refractivity contribution in [3.05, 3.63) is 63.1 Å². The molecule has 2 unspecified atom stereocenters. The third-order valence-electron chi connectivity index (χ3n) is 3.95. The van der Waals surface area contributed by atoms with Gasteiger partial charge in [0.15, 0.2) is 6.61 Å². The first-order valence-electron chi connectivity index (χ1n) is 8.16. The standard InChI is InChI=1S/C18H17Cl3N4O2/c19-13-2-1-3-14(7-13)27-10-17(26)24-22-8-12-9-23-25-18(12)11-4-5-15(20)16(21)6-11/h1-8,12,18,23,25H,9-10H2,(H,24,26)/b22-8+. The van der Waals surface area contributed by atoms with E-state index in [9.17, 15) is 4.79 Å². The first kappa shape index (κ1) is 19.9. The van der Waals surface area contributed by atoms with Crippen molar-refractivity contribution in [2.24, 2.45) is 11.0 Å². The molecule has 3 N–H and O–H groups in total. The molecule has 142 valence electrons. The summed E-state index contributed by atoms with van der Waals surface area (Å²) in [6.45, 7) is 0.498. The maximum atomic E-state index is 11.9. The van der Waals surface area contributed by atoms with Crippen LogP contribution in [0.5, 0.6) is 5.75 Å². The van der Waals surface area contributed by atoms with Crippen LogP contribution in [-0.2, 0) is 4.79 Å². The monoisotopic (exact) mass is 426 g/mol. The van der Waals surface area contributed by atoms with E-state index in [1.807, 2.05) is 12.1 Å². The summed E-state index contributed by atoms with van der Waals surface area (Å²) in [5.41, 5.74) is 9.67. The minimum Gasteiger partial charge on any atom is -0.484 e. The van der Waals surface area contributed by atoms with Crippen molar-refractivity contribution in [2.75, 3.05) is 13.2 Å². The molecule has 0 bridgehead atoms. The summed E-state index contributed by atoms with van der Waals surface area (Å²) in [7, 11) is 0. The fourth-order valence-corrected chi connectivity index (χ4v) is 3.12. The summed E-state index contributed by atoms with van der Waals surface area (Å²) in [6.07, 6.45) is 1.68. The second-order valence-electron chi connectivity index (χ2n) is 5.90. The lowest BCUT2D eigenvalue weighted by Crippen LogP contribution is -2.26. The van der Waals surface area contributed by atoms with Crippen molar-refractivity contribution in [3.63, 3.8) is 0 Å². The number of nitrogens with zero attached hydrogens (tertiary/aromatic N) is 1. The number of carbonyl (C=O) groups excluding carboxylic acids is 1. The molecule has 2 atom stereocenters. The van der Waals surface area contributed by atoms with Crippen molar-refractivity contribution >= 4 is 46.9 Å².